The fraction of sp³-hybridized carbons (Fsp3) is 0.500. The summed E-state index contributed by atoms with van der Waals surface area (Å²) in [6, 6.07) is 12.6. The van der Waals surface area contributed by atoms with Gasteiger partial charge in [0, 0.05) is 0 Å². The Hall–Kier alpha value is -3.99. The van der Waals surface area contributed by atoms with E-state index in [0.717, 1.165) is 41.2 Å². The van der Waals surface area contributed by atoms with Gasteiger partial charge in [-0.1, -0.05) is 52.0 Å². The maximum atomic E-state index is 12.5. The zero-order valence-electron chi connectivity index (χ0n) is 30.0. The van der Waals surface area contributed by atoms with Crippen molar-refractivity contribution in [2.75, 3.05) is 0 Å². The largest absolute Gasteiger partial charge is 0.444 e. The molecule has 0 radical (unpaired) electrons. The average Bonchev–Trinajstić information content (AvgIpc) is 3.67. The van der Waals surface area contributed by atoms with Crippen molar-refractivity contribution in [2.45, 2.75) is 112 Å². The van der Waals surface area contributed by atoms with Crippen molar-refractivity contribution in [2.24, 2.45) is 11.8 Å². The number of hydrogen-bond donors (Lipinski definition) is 5. The van der Waals surface area contributed by atoms with Crippen LogP contribution in [-0.2, 0) is 22.3 Å². The molecule has 2 aromatic carbocycles. The third kappa shape index (κ3) is 8.53. The van der Waals surface area contributed by atoms with Crippen LogP contribution in [0.4, 0.5) is 4.79 Å². The SMILES string of the molecule is CC(C)[C@H](NC(=O)OC(C)(C)C)c1ncc(-c2ccc3c(c2)CCc2cc(-c4cnc([C@@H](NC(O)OC(C)(C)C)C(C)C)[nH]4)ccc2-3)[nH]1. The molecule has 0 saturated carbocycles. The van der Waals surface area contributed by atoms with Crippen LogP contribution in [0.15, 0.2) is 48.8 Å². The quantitative estimate of drug-likeness (QED) is 0.110. The van der Waals surface area contributed by atoms with E-state index in [1.807, 2.05) is 67.8 Å². The molecule has 10 nitrogen and oxygen atoms in total. The highest BCUT2D eigenvalue weighted by Crippen LogP contribution is 2.38. The summed E-state index contributed by atoms with van der Waals surface area (Å²) in [5, 5.41) is 16.6. The molecule has 1 aliphatic rings. The first-order valence-electron chi connectivity index (χ1n) is 17.0. The van der Waals surface area contributed by atoms with E-state index < -0.39 is 23.7 Å². The third-order valence-corrected chi connectivity index (χ3v) is 8.36. The lowest BCUT2D eigenvalue weighted by molar-refractivity contribution is -0.187. The van der Waals surface area contributed by atoms with Gasteiger partial charge in [0.2, 0.25) is 6.41 Å². The van der Waals surface area contributed by atoms with Gasteiger partial charge in [-0.25, -0.2) is 14.8 Å². The van der Waals surface area contributed by atoms with Crippen LogP contribution in [-0.4, -0.2) is 48.8 Å². The summed E-state index contributed by atoms with van der Waals surface area (Å²) >= 11 is 0. The summed E-state index contributed by atoms with van der Waals surface area (Å²) < 4.78 is 11.2. The van der Waals surface area contributed by atoms with Crippen LogP contribution in [0, 0.1) is 11.8 Å². The maximum absolute atomic E-state index is 12.5. The molecule has 0 fully saturated rings. The standard InChI is InChI=1S/C38H52N6O4/c1-21(2)31(43-35(45)47-37(5,6)7)33-39-19-29(41-33)25-13-15-27-23(17-25)11-12-24-18-26(14-16-28(24)27)30-20-40-34(42-30)32(22(3)4)44-36(46)48-38(8,9)10/h13-22,31-32,35,43,45H,11-12H2,1-10H3,(H,39,41)(H,40,42)(H,44,46)/t31-,32-,35?/m0/s1. The van der Waals surface area contributed by atoms with E-state index in [4.69, 9.17) is 9.47 Å². The first-order valence-corrected chi connectivity index (χ1v) is 17.0. The molecule has 3 atom stereocenters. The van der Waals surface area contributed by atoms with E-state index >= 15 is 0 Å². The number of carbonyl (C=O) groups excluding carboxylic acids is 1. The number of hydrogen-bond acceptors (Lipinski definition) is 7. The highest BCUT2D eigenvalue weighted by Gasteiger charge is 2.27. The Labute approximate surface area is 284 Å². The number of aliphatic hydroxyl groups is 1. The molecule has 2 heterocycles. The van der Waals surface area contributed by atoms with Crippen LogP contribution in [0.25, 0.3) is 33.6 Å². The van der Waals surface area contributed by atoms with Gasteiger partial charge in [0.15, 0.2) is 0 Å². The Kier molecular flexibility index (Phi) is 10.2. The van der Waals surface area contributed by atoms with Gasteiger partial charge in [0.25, 0.3) is 0 Å². The molecular formula is C38H52N6O4. The summed E-state index contributed by atoms with van der Waals surface area (Å²) in [6.45, 7) is 19.6. The lowest BCUT2D eigenvalue weighted by atomic mass is 9.83. The minimum Gasteiger partial charge on any atom is -0.444 e. The minimum absolute atomic E-state index is 0.115. The minimum atomic E-state index is -1.11. The Morgan fingerprint density at radius 2 is 1.25 bits per heavy atom. The first kappa shape index (κ1) is 35.3. The van der Waals surface area contributed by atoms with Gasteiger partial charge in [0.05, 0.1) is 41.5 Å². The van der Waals surface area contributed by atoms with Gasteiger partial charge in [-0.3, -0.25) is 5.32 Å². The molecule has 5 rings (SSSR count). The molecule has 0 spiro atoms. The van der Waals surface area contributed by atoms with Crippen molar-refractivity contribution in [1.29, 1.82) is 0 Å². The number of aryl methyl sites for hydroxylation is 2. The van der Waals surface area contributed by atoms with Crippen LogP contribution in [0.5, 0.6) is 0 Å². The predicted octanol–water partition coefficient (Wildman–Crippen LogP) is 7.83. The summed E-state index contributed by atoms with van der Waals surface area (Å²) in [7, 11) is 0. The highest BCUT2D eigenvalue weighted by atomic mass is 16.6. The number of nitrogens with one attached hydrogen (secondary N) is 4. The average molecular weight is 657 g/mol. The van der Waals surface area contributed by atoms with E-state index in [-0.39, 0.29) is 23.9 Å². The van der Waals surface area contributed by atoms with Crippen molar-refractivity contribution in [3.05, 3.63) is 71.6 Å². The number of aromatic amines is 2. The molecule has 258 valence electrons. The number of benzene rings is 2. The van der Waals surface area contributed by atoms with Crippen molar-refractivity contribution >= 4 is 6.09 Å². The maximum Gasteiger partial charge on any atom is 0.408 e. The molecule has 48 heavy (non-hydrogen) atoms. The van der Waals surface area contributed by atoms with Crippen LogP contribution in [0.1, 0.15) is 104 Å². The number of carbonyl (C=O) groups is 1. The first-order chi connectivity index (χ1) is 22.5. The summed E-state index contributed by atoms with van der Waals surface area (Å²) in [5.74, 6) is 1.75. The fourth-order valence-electron chi connectivity index (χ4n) is 6.11. The Bertz CT molecular complexity index is 1730. The molecule has 0 bridgehead atoms. The van der Waals surface area contributed by atoms with Crippen LogP contribution < -0.4 is 10.6 Å². The topological polar surface area (TPSA) is 137 Å². The zero-order valence-corrected chi connectivity index (χ0v) is 30.0. The number of nitrogens with zero attached hydrogens (tertiary/aromatic N) is 2. The van der Waals surface area contributed by atoms with E-state index in [9.17, 15) is 9.90 Å². The number of ether oxygens (including phenoxy) is 2. The van der Waals surface area contributed by atoms with Gasteiger partial charge in [-0.05, 0) is 112 Å². The van der Waals surface area contributed by atoms with Gasteiger partial charge in [-0.15, -0.1) is 0 Å². The number of aliphatic hydroxyl groups excluding tert-OH is 1. The van der Waals surface area contributed by atoms with Gasteiger partial charge in [-0.2, -0.15) is 0 Å². The number of alkyl carbamates (subject to hydrolysis) is 1. The second kappa shape index (κ2) is 13.9. The van der Waals surface area contributed by atoms with Crippen molar-refractivity contribution < 1.29 is 19.4 Å². The predicted molar refractivity (Wildman–Crippen MR) is 189 cm³/mol. The van der Waals surface area contributed by atoms with E-state index in [0.29, 0.717) is 5.82 Å². The Morgan fingerprint density at radius 3 is 1.69 bits per heavy atom. The molecule has 1 unspecified atom stereocenters. The molecule has 1 aliphatic carbocycles. The van der Waals surface area contributed by atoms with Gasteiger partial charge in [0.1, 0.15) is 17.2 Å². The van der Waals surface area contributed by atoms with E-state index in [2.05, 4.69) is 80.8 Å². The molecule has 0 aliphatic heterocycles. The number of fused-ring (bicyclic) bond motifs is 3. The van der Waals surface area contributed by atoms with E-state index in [1.165, 1.54) is 22.3 Å². The normalized spacial score (nSPS) is 15.2. The zero-order chi connectivity index (χ0) is 35.0. The molecular weight excluding hydrogens is 604 g/mol. The van der Waals surface area contributed by atoms with Crippen molar-refractivity contribution in [1.82, 2.24) is 30.6 Å². The second-order valence-corrected chi connectivity index (χ2v) is 15.4. The molecule has 2 aromatic heterocycles. The van der Waals surface area contributed by atoms with E-state index in [1.54, 1.807) is 0 Å². The summed E-state index contributed by atoms with van der Waals surface area (Å²) in [4.78, 5) is 28.8. The van der Waals surface area contributed by atoms with Crippen LogP contribution in [0.3, 0.4) is 0 Å². The second-order valence-electron chi connectivity index (χ2n) is 15.4. The lowest BCUT2D eigenvalue weighted by Gasteiger charge is -2.29. The summed E-state index contributed by atoms with van der Waals surface area (Å²) in [6.07, 6.45) is 3.98. The highest BCUT2D eigenvalue weighted by molar-refractivity contribution is 5.79. The molecule has 10 heteroatoms. The van der Waals surface area contributed by atoms with Gasteiger partial charge < -0.3 is 29.9 Å². The number of rotatable bonds is 10. The Morgan fingerprint density at radius 1 is 0.771 bits per heavy atom. The Balaban J connectivity index is 1.32. The van der Waals surface area contributed by atoms with Crippen LogP contribution in [0.2, 0.25) is 0 Å². The van der Waals surface area contributed by atoms with Crippen molar-refractivity contribution in [3.8, 4) is 33.6 Å². The monoisotopic (exact) mass is 656 g/mol. The number of aromatic nitrogens is 4. The third-order valence-electron chi connectivity index (χ3n) is 8.36. The molecule has 5 N–H and O–H groups in total. The van der Waals surface area contributed by atoms with Crippen LogP contribution >= 0.6 is 0 Å². The lowest BCUT2D eigenvalue weighted by Crippen LogP contribution is -2.41. The summed E-state index contributed by atoms with van der Waals surface area (Å²) in [5.41, 5.74) is 7.99. The van der Waals surface area contributed by atoms with Gasteiger partial charge >= 0.3 is 6.09 Å². The number of H-pyrrole nitrogens is 2. The fourth-order valence-corrected chi connectivity index (χ4v) is 6.11. The molecule has 1 amide bonds. The number of amides is 1. The molecule has 0 saturated heterocycles. The molecule has 4 aromatic rings. The van der Waals surface area contributed by atoms with Crippen molar-refractivity contribution in [3.63, 3.8) is 0 Å². The number of imidazole rings is 2. The smallest absolute Gasteiger partial charge is 0.408 e.